The number of urea groups is 1. The van der Waals surface area contributed by atoms with Crippen LogP contribution in [0.2, 0.25) is 0 Å². The van der Waals surface area contributed by atoms with Crippen LogP contribution in [0.15, 0.2) is 27.1 Å². The number of hydrogen-bond acceptors (Lipinski definition) is 3. The monoisotopic (exact) mass is 419 g/mol. The van der Waals surface area contributed by atoms with Gasteiger partial charge in [-0.1, -0.05) is 15.9 Å². The molecule has 1 N–H and O–H groups in total. The maximum absolute atomic E-state index is 12.2. The third kappa shape index (κ3) is 5.25. The number of nitrogens with one attached hydrogen (secondary N) is 1. The molecule has 0 bridgehead atoms. The molecule has 0 aromatic heterocycles. The highest BCUT2D eigenvalue weighted by atomic mass is 79.9. The quantitative estimate of drug-likeness (QED) is 0.814. The van der Waals surface area contributed by atoms with Crippen molar-refractivity contribution in [3.63, 3.8) is 0 Å². The maximum atomic E-state index is 12.2. The number of benzene rings is 1. The summed E-state index contributed by atoms with van der Waals surface area (Å²) in [5.41, 5.74) is 0.757. The van der Waals surface area contributed by atoms with Crippen LogP contribution in [0.3, 0.4) is 0 Å². The molecule has 1 aromatic carbocycles. The van der Waals surface area contributed by atoms with Crippen LogP contribution in [0, 0.1) is 0 Å². The number of nitrogens with zero attached hydrogens (tertiary/aromatic N) is 2. The molecule has 1 saturated heterocycles. The van der Waals surface area contributed by atoms with E-state index < -0.39 is 0 Å². The first-order valence-corrected chi connectivity index (χ1v) is 8.42. The molecule has 116 valence electrons. The Bertz CT molecular complexity index is 493. The second-order valence-corrected chi connectivity index (χ2v) is 6.70. The molecule has 1 fully saturated rings. The van der Waals surface area contributed by atoms with E-state index in [2.05, 4.69) is 42.1 Å². The smallest absolute Gasteiger partial charge is 0.321 e. The summed E-state index contributed by atoms with van der Waals surface area (Å²) in [6.07, 6.45) is 0. The number of carbonyl (C=O) groups is 1. The number of hydrogen-bond donors (Lipinski definition) is 1. The zero-order valence-corrected chi connectivity index (χ0v) is 15.1. The summed E-state index contributed by atoms with van der Waals surface area (Å²) in [6, 6.07) is 5.58. The van der Waals surface area contributed by atoms with Crippen molar-refractivity contribution < 1.29 is 9.53 Å². The second-order valence-electron chi connectivity index (χ2n) is 4.93. The summed E-state index contributed by atoms with van der Waals surface area (Å²) in [4.78, 5) is 16.2. The summed E-state index contributed by atoms with van der Waals surface area (Å²) in [6.45, 7) is 4.99. The van der Waals surface area contributed by atoms with Gasteiger partial charge in [0.1, 0.15) is 0 Å². The predicted octanol–water partition coefficient (Wildman–Crippen LogP) is 3.01. The van der Waals surface area contributed by atoms with Crippen molar-refractivity contribution >= 4 is 43.6 Å². The van der Waals surface area contributed by atoms with Crippen LogP contribution >= 0.6 is 31.9 Å². The summed E-state index contributed by atoms with van der Waals surface area (Å²) in [7, 11) is 1.81. The third-order valence-corrected chi connectivity index (χ3v) is 4.56. The van der Waals surface area contributed by atoms with Gasteiger partial charge in [-0.3, -0.25) is 4.90 Å². The standard InChI is InChI=1S/C14H19Br2N3O2/c1-18(4-5-19-6-8-21-9-7-19)14(20)17-13-10-11(15)2-3-12(13)16/h2-3,10H,4-9H2,1H3,(H,17,20). The Morgan fingerprint density at radius 3 is 2.81 bits per heavy atom. The predicted molar refractivity (Wildman–Crippen MR) is 90.7 cm³/mol. The van der Waals surface area contributed by atoms with E-state index in [1.807, 2.05) is 25.2 Å². The molecule has 1 heterocycles. The minimum atomic E-state index is -0.109. The first-order valence-electron chi connectivity index (χ1n) is 6.83. The van der Waals surface area contributed by atoms with E-state index >= 15 is 0 Å². The van der Waals surface area contributed by atoms with Gasteiger partial charge in [0.05, 0.1) is 18.9 Å². The zero-order valence-electron chi connectivity index (χ0n) is 11.9. The van der Waals surface area contributed by atoms with Gasteiger partial charge >= 0.3 is 6.03 Å². The molecule has 2 rings (SSSR count). The summed E-state index contributed by atoms with van der Waals surface area (Å²) in [5, 5.41) is 2.91. The lowest BCUT2D eigenvalue weighted by Gasteiger charge is -2.28. The average molecular weight is 421 g/mol. The average Bonchev–Trinajstić information content (AvgIpc) is 2.49. The van der Waals surface area contributed by atoms with Crippen LogP contribution in [0.25, 0.3) is 0 Å². The van der Waals surface area contributed by atoms with Crippen LogP contribution in [-0.4, -0.2) is 62.3 Å². The second kappa shape index (κ2) is 8.12. The number of carbonyl (C=O) groups excluding carboxylic acids is 1. The van der Waals surface area contributed by atoms with Gasteiger partial charge in [0, 0.05) is 42.2 Å². The number of rotatable bonds is 4. The maximum Gasteiger partial charge on any atom is 0.321 e. The molecular formula is C14H19Br2N3O2. The highest BCUT2D eigenvalue weighted by Crippen LogP contribution is 2.26. The number of ether oxygens (including phenoxy) is 1. The van der Waals surface area contributed by atoms with E-state index in [4.69, 9.17) is 4.74 Å². The van der Waals surface area contributed by atoms with Gasteiger partial charge in [0.25, 0.3) is 0 Å². The van der Waals surface area contributed by atoms with Crippen molar-refractivity contribution in [3.8, 4) is 0 Å². The normalized spacial score (nSPS) is 15.8. The van der Waals surface area contributed by atoms with E-state index in [0.717, 1.165) is 47.5 Å². The van der Waals surface area contributed by atoms with Gasteiger partial charge in [-0.2, -0.15) is 0 Å². The number of likely N-dealkylation sites (N-methyl/N-ethyl adjacent to an activating group) is 1. The zero-order chi connectivity index (χ0) is 15.2. The van der Waals surface area contributed by atoms with Crippen molar-refractivity contribution in [2.24, 2.45) is 0 Å². The van der Waals surface area contributed by atoms with E-state index in [9.17, 15) is 4.79 Å². The SMILES string of the molecule is CN(CCN1CCOCC1)C(=O)Nc1cc(Br)ccc1Br. The Labute approximate surface area is 141 Å². The molecular weight excluding hydrogens is 402 g/mol. The molecule has 1 aliphatic rings. The van der Waals surface area contributed by atoms with Gasteiger partial charge in [-0.05, 0) is 34.1 Å². The third-order valence-electron chi connectivity index (χ3n) is 3.37. The molecule has 5 nitrogen and oxygen atoms in total. The Morgan fingerprint density at radius 1 is 1.38 bits per heavy atom. The molecule has 0 aliphatic carbocycles. The number of morpholine rings is 1. The van der Waals surface area contributed by atoms with Gasteiger partial charge < -0.3 is 15.0 Å². The highest BCUT2D eigenvalue weighted by molar-refractivity contribution is 9.11. The van der Waals surface area contributed by atoms with Crippen molar-refractivity contribution in [3.05, 3.63) is 27.1 Å². The fourth-order valence-electron chi connectivity index (χ4n) is 2.02. The van der Waals surface area contributed by atoms with Gasteiger partial charge in [0.15, 0.2) is 0 Å². The van der Waals surface area contributed by atoms with Crippen molar-refractivity contribution in [2.45, 2.75) is 0 Å². The lowest BCUT2D eigenvalue weighted by molar-refractivity contribution is 0.0359. The molecule has 7 heteroatoms. The Balaban J connectivity index is 1.82. The molecule has 0 spiro atoms. The van der Waals surface area contributed by atoms with Gasteiger partial charge in [-0.25, -0.2) is 4.79 Å². The molecule has 0 atom stereocenters. The lowest BCUT2D eigenvalue weighted by Crippen LogP contribution is -2.42. The molecule has 1 aliphatic heterocycles. The first-order chi connectivity index (χ1) is 10.1. The van der Waals surface area contributed by atoms with E-state index in [0.29, 0.717) is 6.54 Å². The van der Waals surface area contributed by atoms with E-state index in [-0.39, 0.29) is 6.03 Å². The lowest BCUT2D eigenvalue weighted by atomic mass is 10.3. The van der Waals surface area contributed by atoms with Crippen molar-refractivity contribution in [1.29, 1.82) is 0 Å². The fraction of sp³-hybridized carbons (Fsp3) is 0.500. The summed E-state index contributed by atoms with van der Waals surface area (Å²) in [5.74, 6) is 0. The van der Waals surface area contributed by atoms with Crippen molar-refractivity contribution in [2.75, 3.05) is 51.8 Å². The van der Waals surface area contributed by atoms with Gasteiger partial charge in [-0.15, -0.1) is 0 Å². The highest BCUT2D eigenvalue weighted by Gasteiger charge is 2.14. The topological polar surface area (TPSA) is 44.8 Å². The Hall–Kier alpha value is -0.630. The van der Waals surface area contributed by atoms with E-state index in [1.54, 1.807) is 4.90 Å². The van der Waals surface area contributed by atoms with E-state index in [1.165, 1.54) is 0 Å². The van der Waals surface area contributed by atoms with Crippen LogP contribution in [0.4, 0.5) is 10.5 Å². The Morgan fingerprint density at radius 2 is 2.10 bits per heavy atom. The summed E-state index contributed by atoms with van der Waals surface area (Å²) >= 11 is 6.84. The van der Waals surface area contributed by atoms with Crippen LogP contribution in [0.1, 0.15) is 0 Å². The van der Waals surface area contributed by atoms with Gasteiger partial charge in [0.2, 0.25) is 0 Å². The number of amides is 2. The Kier molecular flexibility index (Phi) is 6.47. The molecule has 0 radical (unpaired) electrons. The number of halogens is 2. The number of anilines is 1. The van der Waals surface area contributed by atoms with Crippen LogP contribution in [0.5, 0.6) is 0 Å². The summed E-state index contributed by atoms with van der Waals surface area (Å²) < 4.78 is 7.10. The first kappa shape index (κ1) is 16.7. The van der Waals surface area contributed by atoms with Crippen LogP contribution < -0.4 is 5.32 Å². The largest absolute Gasteiger partial charge is 0.379 e. The fourth-order valence-corrected chi connectivity index (χ4v) is 2.73. The molecule has 21 heavy (non-hydrogen) atoms. The minimum Gasteiger partial charge on any atom is -0.379 e. The molecule has 2 amide bonds. The van der Waals surface area contributed by atoms with Crippen molar-refractivity contribution in [1.82, 2.24) is 9.80 Å². The molecule has 0 unspecified atom stereocenters. The molecule has 0 saturated carbocycles. The molecule has 1 aromatic rings. The van der Waals surface area contributed by atoms with Crippen LogP contribution in [-0.2, 0) is 4.74 Å². The minimum absolute atomic E-state index is 0.109.